The summed E-state index contributed by atoms with van der Waals surface area (Å²) >= 11 is 0. The smallest absolute Gasteiger partial charge is 0.164 e. The van der Waals surface area contributed by atoms with Gasteiger partial charge in [0.2, 0.25) is 0 Å². The molecule has 0 heterocycles. The third kappa shape index (κ3) is 4.41. The van der Waals surface area contributed by atoms with E-state index >= 15 is 0 Å². The van der Waals surface area contributed by atoms with Crippen LogP contribution in [-0.2, 0) is 4.79 Å². The van der Waals surface area contributed by atoms with Crippen molar-refractivity contribution in [2.75, 3.05) is 0 Å². The molecule has 0 rings (SSSR count). The summed E-state index contributed by atoms with van der Waals surface area (Å²) in [6, 6.07) is 0. The topological polar surface area (TPSA) is 37.3 Å². The maximum atomic E-state index is 11.5. The van der Waals surface area contributed by atoms with Crippen LogP contribution in [0.15, 0.2) is 0 Å². The molecular formula is C11H22O2. The van der Waals surface area contributed by atoms with E-state index in [2.05, 4.69) is 13.8 Å². The van der Waals surface area contributed by atoms with E-state index in [1.165, 1.54) is 0 Å². The molecule has 13 heavy (non-hydrogen) atoms. The maximum Gasteiger partial charge on any atom is 0.164 e. The zero-order valence-electron chi connectivity index (χ0n) is 9.26. The van der Waals surface area contributed by atoms with Crippen LogP contribution in [-0.4, -0.2) is 16.5 Å². The monoisotopic (exact) mass is 186 g/mol. The maximum absolute atomic E-state index is 11.5. The molecule has 0 saturated carbocycles. The van der Waals surface area contributed by atoms with E-state index in [0.717, 1.165) is 12.8 Å². The zero-order valence-corrected chi connectivity index (χ0v) is 9.26. The van der Waals surface area contributed by atoms with Crippen molar-refractivity contribution in [1.82, 2.24) is 0 Å². The van der Waals surface area contributed by atoms with Gasteiger partial charge in [0.25, 0.3) is 0 Å². The highest BCUT2D eigenvalue weighted by Gasteiger charge is 2.28. The molecule has 0 bridgehead atoms. The van der Waals surface area contributed by atoms with E-state index in [4.69, 9.17) is 0 Å². The van der Waals surface area contributed by atoms with E-state index in [9.17, 15) is 9.90 Å². The van der Waals surface area contributed by atoms with E-state index in [1.807, 2.05) is 6.92 Å². The van der Waals surface area contributed by atoms with Crippen LogP contribution in [0.5, 0.6) is 0 Å². The lowest BCUT2D eigenvalue weighted by Gasteiger charge is -2.21. The van der Waals surface area contributed by atoms with Crippen LogP contribution in [0.4, 0.5) is 0 Å². The van der Waals surface area contributed by atoms with Gasteiger partial charge in [-0.15, -0.1) is 0 Å². The minimum absolute atomic E-state index is 0.0176. The summed E-state index contributed by atoms with van der Waals surface area (Å²) in [4.78, 5) is 11.5. The van der Waals surface area contributed by atoms with Crippen molar-refractivity contribution in [2.24, 2.45) is 5.92 Å². The van der Waals surface area contributed by atoms with Crippen LogP contribution < -0.4 is 0 Å². The summed E-state index contributed by atoms with van der Waals surface area (Å²) in [5.74, 6) is 0.381. The Labute approximate surface area is 81.3 Å². The van der Waals surface area contributed by atoms with Gasteiger partial charge < -0.3 is 5.11 Å². The largest absolute Gasteiger partial charge is 0.382 e. The first kappa shape index (κ1) is 12.6. The molecular weight excluding hydrogens is 164 g/mol. The molecule has 0 aromatic heterocycles. The van der Waals surface area contributed by atoms with E-state index < -0.39 is 5.60 Å². The first-order valence-electron chi connectivity index (χ1n) is 5.19. The van der Waals surface area contributed by atoms with Crippen molar-refractivity contribution >= 4 is 5.78 Å². The number of aliphatic hydroxyl groups is 1. The Morgan fingerprint density at radius 3 is 2.38 bits per heavy atom. The first-order valence-corrected chi connectivity index (χ1v) is 5.19. The Morgan fingerprint density at radius 2 is 2.00 bits per heavy atom. The zero-order chi connectivity index (χ0) is 10.5. The second kappa shape index (κ2) is 5.38. The second-order valence-electron chi connectivity index (χ2n) is 4.15. The van der Waals surface area contributed by atoms with Gasteiger partial charge >= 0.3 is 0 Å². The van der Waals surface area contributed by atoms with Crippen LogP contribution in [0.3, 0.4) is 0 Å². The quantitative estimate of drug-likeness (QED) is 0.692. The van der Waals surface area contributed by atoms with Crippen molar-refractivity contribution in [3.8, 4) is 0 Å². The van der Waals surface area contributed by atoms with Gasteiger partial charge in [0.15, 0.2) is 5.78 Å². The predicted octanol–water partition coefficient (Wildman–Crippen LogP) is 2.54. The van der Waals surface area contributed by atoms with Gasteiger partial charge in [-0.25, -0.2) is 0 Å². The van der Waals surface area contributed by atoms with Gasteiger partial charge in [-0.1, -0.05) is 33.6 Å². The molecule has 0 amide bonds. The van der Waals surface area contributed by atoms with E-state index in [0.29, 0.717) is 18.8 Å². The summed E-state index contributed by atoms with van der Waals surface area (Å²) < 4.78 is 0. The highest BCUT2D eigenvalue weighted by Crippen LogP contribution is 2.18. The molecule has 2 atom stereocenters. The number of carbonyl (C=O) groups excluding carboxylic acids is 1. The number of ketones is 1. The van der Waals surface area contributed by atoms with E-state index in [1.54, 1.807) is 6.92 Å². The summed E-state index contributed by atoms with van der Waals surface area (Å²) in [5, 5.41) is 9.66. The van der Waals surface area contributed by atoms with Crippen molar-refractivity contribution in [3.63, 3.8) is 0 Å². The average Bonchev–Trinajstić information content (AvgIpc) is 2.04. The van der Waals surface area contributed by atoms with Crippen LogP contribution in [0.25, 0.3) is 0 Å². The number of carbonyl (C=O) groups is 1. The van der Waals surface area contributed by atoms with Crippen molar-refractivity contribution < 1.29 is 9.90 Å². The summed E-state index contributed by atoms with van der Waals surface area (Å²) in [5.41, 5.74) is -1.11. The summed E-state index contributed by atoms with van der Waals surface area (Å²) in [6.45, 7) is 7.61. The number of hydrogen-bond donors (Lipinski definition) is 1. The van der Waals surface area contributed by atoms with Gasteiger partial charge in [0, 0.05) is 6.42 Å². The molecule has 0 saturated heterocycles. The molecule has 2 unspecified atom stereocenters. The fourth-order valence-corrected chi connectivity index (χ4v) is 1.33. The van der Waals surface area contributed by atoms with Gasteiger partial charge in [-0.3, -0.25) is 4.79 Å². The Hall–Kier alpha value is -0.370. The van der Waals surface area contributed by atoms with Gasteiger partial charge in [-0.05, 0) is 19.3 Å². The standard InChI is InChI=1S/C11H22O2/c1-5-7-9(3)8-10(12)11(4,13)6-2/h9,13H,5-8H2,1-4H3. The van der Waals surface area contributed by atoms with Crippen LogP contribution in [0, 0.1) is 5.92 Å². The fourth-order valence-electron chi connectivity index (χ4n) is 1.33. The minimum Gasteiger partial charge on any atom is -0.382 e. The normalized spacial score (nSPS) is 17.9. The SMILES string of the molecule is CCCC(C)CC(=O)C(C)(O)CC. The molecule has 0 aromatic rings. The lowest BCUT2D eigenvalue weighted by molar-refractivity contribution is -0.136. The Kier molecular flexibility index (Phi) is 5.23. The lowest BCUT2D eigenvalue weighted by atomic mass is 9.89. The lowest BCUT2D eigenvalue weighted by Crippen LogP contribution is -2.35. The van der Waals surface area contributed by atoms with Crippen LogP contribution in [0.2, 0.25) is 0 Å². The highest BCUT2D eigenvalue weighted by atomic mass is 16.3. The molecule has 1 N–H and O–H groups in total. The Balaban J connectivity index is 3.99. The van der Waals surface area contributed by atoms with Gasteiger partial charge in [0.1, 0.15) is 5.60 Å². The molecule has 0 aromatic carbocycles. The van der Waals surface area contributed by atoms with Gasteiger partial charge in [-0.2, -0.15) is 0 Å². The molecule has 0 aliphatic carbocycles. The van der Waals surface area contributed by atoms with Crippen molar-refractivity contribution in [1.29, 1.82) is 0 Å². The molecule has 0 aliphatic heterocycles. The molecule has 0 aliphatic rings. The van der Waals surface area contributed by atoms with Crippen molar-refractivity contribution in [3.05, 3.63) is 0 Å². The molecule has 2 nitrogen and oxygen atoms in total. The third-order valence-corrected chi connectivity index (χ3v) is 2.60. The number of Topliss-reactive ketones (excluding diaryl/α,β-unsaturated/α-hetero) is 1. The Morgan fingerprint density at radius 1 is 1.46 bits per heavy atom. The first-order chi connectivity index (χ1) is 5.94. The molecule has 0 fully saturated rings. The van der Waals surface area contributed by atoms with Crippen LogP contribution in [0.1, 0.15) is 53.4 Å². The molecule has 0 radical (unpaired) electrons. The van der Waals surface area contributed by atoms with E-state index in [-0.39, 0.29) is 5.78 Å². The van der Waals surface area contributed by atoms with Gasteiger partial charge in [0.05, 0.1) is 0 Å². The summed E-state index contributed by atoms with van der Waals surface area (Å²) in [6.07, 6.45) is 3.17. The molecule has 0 spiro atoms. The number of rotatable bonds is 6. The second-order valence-corrected chi connectivity index (χ2v) is 4.15. The number of hydrogen-bond acceptors (Lipinski definition) is 2. The summed E-state index contributed by atoms with van der Waals surface area (Å²) in [7, 11) is 0. The predicted molar refractivity (Wildman–Crippen MR) is 54.6 cm³/mol. The average molecular weight is 186 g/mol. The minimum atomic E-state index is -1.11. The Bertz CT molecular complexity index is 161. The molecule has 78 valence electrons. The van der Waals surface area contributed by atoms with Crippen molar-refractivity contribution in [2.45, 2.75) is 59.0 Å². The highest BCUT2D eigenvalue weighted by molar-refractivity contribution is 5.86. The third-order valence-electron chi connectivity index (χ3n) is 2.60. The fraction of sp³-hybridized carbons (Fsp3) is 0.909. The molecule has 2 heteroatoms. The van der Waals surface area contributed by atoms with Crippen LogP contribution >= 0.6 is 0 Å².